The van der Waals surface area contributed by atoms with Gasteiger partial charge in [0.05, 0.1) is 17.7 Å². The number of nitrogens with two attached hydrogens (primary N) is 1. The normalized spacial score (nSPS) is 14.3. The van der Waals surface area contributed by atoms with E-state index >= 15 is 0 Å². The van der Waals surface area contributed by atoms with Crippen molar-refractivity contribution in [1.29, 1.82) is 10.5 Å². The van der Waals surface area contributed by atoms with Crippen LogP contribution in [0, 0.1) is 28.6 Å². The first kappa shape index (κ1) is 26.7. The third kappa shape index (κ3) is 5.64. The molecule has 0 aromatic carbocycles. The zero-order valence-corrected chi connectivity index (χ0v) is 22.9. The summed E-state index contributed by atoms with van der Waals surface area (Å²) < 4.78 is 5.28. The van der Waals surface area contributed by atoms with Crippen molar-refractivity contribution in [2.24, 2.45) is 5.92 Å². The molecule has 3 heterocycles. The molecular weight excluding hydrogens is 527 g/mol. The largest absolute Gasteiger partial charge is 0.462 e. The van der Waals surface area contributed by atoms with Crippen molar-refractivity contribution in [3.05, 3.63) is 44.0 Å². The number of amides is 1. The third-order valence-electron chi connectivity index (χ3n) is 6.04. The number of aromatic nitrogens is 1. The van der Waals surface area contributed by atoms with Crippen LogP contribution in [0.1, 0.15) is 58.6 Å². The monoisotopic (exact) mass is 551 g/mol. The average molecular weight is 552 g/mol. The van der Waals surface area contributed by atoms with E-state index in [1.165, 1.54) is 34.4 Å². The maximum absolute atomic E-state index is 12.9. The van der Waals surface area contributed by atoms with Crippen molar-refractivity contribution < 1.29 is 14.3 Å². The van der Waals surface area contributed by atoms with Crippen molar-refractivity contribution in [3.8, 4) is 23.3 Å². The summed E-state index contributed by atoms with van der Waals surface area (Å²) in [5.74, 6) is 0.256. The Morgan fingerprint density at radius 2 is 2.11 bits per heavy atom. The smallest absolute Gasteiger partial charge is 0.341 e. The molecule has 1 aliphatic carbocycles. The lowest BCUT2D eigenvalue weighted by atomic mass is 9.88. The van der Waals surface area contributed by atoms with E-state index in [9.17, 15) is 20.1 Å². The van der Waals surface area contributed by atoms with Crippen LogP contribution in [0.3, 0.4) is 0 Å². The zero-order chi connectivity index (χ0) is 26.5. The zero-order valence-electron chi connectivity index (χ0n) is 20.4. The van der Waals surface area contributed by atoms with Crippen LogP contribution in [-0.4, -0.2) is 29.2 Å². The summed E-state index contributed by atoms with van der Waals surface area (Å²) in [4.78, 5) is 31.0. The van der Waals surface area contributed by atoms with Gasteiger partial charge in [-0.15, -0.1) is 23.1 Å². The number of ether oxygens (including phenoxy) is 1. The molecule has 1 atom stereocenters. The predicted molar refractivity (Wildman–Crippen MR) is 147 cm³/mol. The molecule has 0 aliphatic heterocycles. The Kier molecular flexibility index (Phi) is 8.49. The lowest BCUT2D eigenvalue weighted by Gasteiger charge is -2.18. The maximum Gasteiger partial charge on any atom is 0.341 e. The molecular formula is C26H25N5O3S3. The second-order valence-electron chi connectivity index (χ2n) is 8.59. The molecule has 1 unspecified atom stereocenters. The lowest BCUT2D eigenvalue weighted by molar-refractivity contribution is -0.115. The summed E-state index contributed by atoms with van der Waals surface area (Å²) >= 11 is 4.13. The van der Waals surface area contributed by atoms with Crippen molar-refractivity contribution in [1.82, 2.24) is 4.98 Å². The molecule has 0 spiro atoms. The Morgan fingerprint density at radius 1 is 1.32 bits per heavy atom. The molecule has 37 heavy (non-hydrogen) atoms. The number of carbonyl (C=O) groups excluding carboxylic acids is 2. The van der Waals surface area contributed by atoms with E-state index in [1.807, 2.05) is 16.8 Å². The van der Waals surface area contributed by atoms with Crippen molar-refractivity contribution in [2.45, 2.75) is 44.6 Å². The summed E-state index contributed by atoms with van der Waals surface area (Å²) in [5.41, 5.74) is 9.13. The standard InChI is InChI=1S/C26H25N5O3S3/c1-3-34-26(33)22-16-5-4-14(2)10-19(16)37-25(22)30-20(32)7-9-36-24-18(12-28)21(15-6-8-35-13-15)17(11-27)23(29)31-24/h6,8,13-14H,3-5,7,9-10H2,1-2H3,(H2,29,31)(H,30,32). The molecule has 0 saturated heterocycles. The van der Waals surface area contributed by atoms with Crippen LogP contribution in [0.2, 0.25) is 0 Å². The fourth-order valence-corrected chi connectivity index (χ4v) is 7.28. The molecule has 1 amide bonds. The summed E-state index contributed by atoms with van der Waals surface area (Å²) in [6.07, 6.45) is 2.80. The van der Waals surface area contributed by atoms with E-state index in [0.29, 0.717) is 32.8 Å². The molecule has 4 rings (SSSR count). The number of thiophene rings is 2. The van der Waals surface area contributed by atoms with Gasteiger partial charge in [0.2, 0.25) is 5.91 Å². The van der Waals surface area contributed by atoms with Crippen LogP contribution in [0.15, 0.2) is 21.9 Å². The first-order valence-corrected chi connectivity index (χ1v) is 14.5. The van der Waals surface area contributed by atoms with Gasteiger partial charge in [-0.05, 0) is 60.1 Å². The van der Waals surface area contributed by atoms with Crippen LogP contribution in [-0.2, 0) is 22.4 Å². The highest BCUT2D eigenvalue weighted by Gasteiger charge is 2.29. The topological polar surface area (TPSA) is 142 Å². The Bertz CT molecular complexity index is 1420. The average Bonchev–Trinajstić information content (AvgIpc) is 3.51. The summed E-state index contributed by atoms with van der Waals surface area (Å²) in [7, 11) is 0. The third-order valence-corrected chi connectivity index (χ3v) is 8.87. The van der Waals surface area contributed by atoms with Gasteiger partial charge in [-0.1, -0.05) is 6.92 Å². The van der Waals surface area contributed by atoms with Gasteiger partial charge in [0.25, 0.3) is 0 Å². The molecule has 3 aromatic heterocycles. The molecule has 0 saturated carbocycles. The molecule has 0 radical (unpaired) electrons. The summed E-state index contributed by atoms with van der Waals surface area (Å²) in [6.45, 7) is 4.21. The number of hydrogen-bond donors (Lipinski definition) is 2. The number of esters is 1. The van der Waals surface area contributed by atoms with Gasteiger partial charge in [-0.25, -0.2) is 9.78 Å². The second kappa shape index (κ2) is 11.8. The first-order valence-electron chi connectivity index (χ1n) is 11.8. The van der Waals surface area contributed by atoms with Crippen molar-refractivity contribution >= 4 is 57.1 Å². The van der Waals surface area contributed by atoms with Crippen LogP contribution in [0.4, 0.5) is 10.8 Å². The van der Waals surface area contributed by atoms with Gasteiger partial charge in [0.15, 0.2) is 0 Å². The van der Waals surface area contributed by atoms with Crippen LogP contribution in [0.25, 0.3) is 11.1 Å². The molecule has 8 nitrogen and oxygen atoms in total. The minimum Gasteiger partial charge on any atom is -0.462 e. The number of nitrogens with zero attached hydrogens (tertiary/aromatic N) is 3. The molecule has 3 aromatic rings. The van der Waals surface area contributed by atoms with E-state index in [4.69, 9.17) is 10.5 Å². The Balaban J connectivity index is 1.51. The lowest BCUT2D eigenvalue weighted by Crippen LogP contribution is -2.17. The van der Waals surface area contributed by atoms with Gasteiger partial charge >= 0.3 is 5.97 Å². The van der Waals surface area contributed by atoms with Crippen LogP contribution >= 0.6 is 34.4 Å². The van der Waals surface area contributed by atoms with E-state index in [-0.39, 0.29) is 35.9 Å². The number of carbonyl (C=O) groups is 2. The van der Waals surface area contributed by atoms with Crippen molar-refractivity contribution in [3.63, 3.8) is 0 Å². The highest BCUT2D eigenvalue weighted by molar-refractivity contribution is 7.99. The van der Waals surface area contributed by atoms with E-state index < -0.39 is 5.97 Å². The molecule has 3 N–H and O–H groups in total. The van der Waals surface area contributed by atoms with Gasteiger partial charge in [0.1, 0.15) is 33.5 Å². The Hall–Kier alpha value is -3.38. The molecule has 0 bridgehead atoms. The second-order valence-corrected chi connectivity index (χ2v) is 11.6. The number of anilines is 2. The maximum atomic E-state index is 12.9. The molecule has 190 valence electrons. The number of thioether (sulfide) groups is 1. The molecule has 0 fully saturated rings. The minimum absolute atomic E-state index is 0.0483. The van der Waals surface area contributed by atoms with Crippen LogP contribution < -0.4 is 11.1 Å². The quantitative estimate of drug-likeness (QED) is 0.271. The van der Waals surface area contributed by atoms with Crippen molar-refractivity contribution in [2.75, 3.05) is 23.4 Å². The predicted octanol–water partition coefficient (Wildman–Crippen LogP) is 5.62. The molecule has 1 aliphatic rings. The number of nitrogens with one attached hydrogen (secondary N) is 1. The van der Waals surface area contributed by atoms with E-state index in [0.717, 1.165) is 35.3 Å². The minimum atomic E-state index is -0.406. The van der Waals surface area contributed by atoms with Gasteiger partial charge < -0.3 is 15.8 Å². The highest BCUT2D eigenvalue weighted by Crippen LogP contribution is 2.40. The number of nitriles is 2. The molecule has 11 heteroatoms. The van der Waals surface area contributed by atoms with Gasteiger partial charge in [0, 0.05) is 22.6 Å². The van der Waals surface area contributed by atoms with Gasteiger partial charge in [-0.2, -0.15) is 21.9 Å². The van der Waals surface area contributed by atoms with E-state index in [1.54, 1.807) is 6.92 Å². The number of fused-ring (bicyclic) bond motifs is 1. The Morgan fingerprint density at radius 3 is 2.78 bits per heavy atom. The summed E-state index contributed by atoms with van der Waals surface area (Å²) in [6, 6.07) is 6.04. The number of pyridine rings is 1. The number of rotatable bonds is 8. The van der Waals surface area contributed by atoms with Gasteiger partial charge in [-0.3, -0.25) is 4.79 Å². The number of hydrogen-bond acceptors (Lipinski definition) is 10. The SMILES string of the molecule is CCOC(=O)c1c(NC(=O)CCSc2nc(N)c(C#N)c(-c3ccsc3)c2C#N)sc2c1CCC(C)C2. The number of nitrogen functional groups attached to an aromatic ring is 1. The fraction of sp³-hybridized carbons (Fsp3) is 0.346. The summed E-state index contributed by atoms with van der Waals surface area (Å²) in [5, 5.41) is 27.0. The van der Waals surface area contributed by atoms with Crippen LogP contribution in [0.5, 0.6) is 0 Å². The van der Waals surface area contributed by atoms with E-state index in [2.05, 4.69) is 29.4 Å². The Labute approximate surface area is 227 Å². The fourth-order valence-electron chi connectivity index (χ4n) is 4.29. The highest BCUT2D eigenvalue weighted by atomic mass is 32.2. The first-order chi connectivity index (χ1) is 17.9.